The smallest absolute Gasteiger partial charge is 0.321 e. The molecule has 39 heavy (non-hydrogen) atoms. The van der Waals surface area contributed by atoms with Crippen LogP contribution in [0.5, 0.6) is 0 Å². The number of carbonyl (C=O) groups excluding carboxylic acids is 2. The van der Waals surface area contributed by atoms with Crippen molar-refractivity contribution in [2.45, 2.75) is 40.0 Å². The molecule has 208 valence electrons. The molecule has 0 bridgehead atoms. The molecule has 1 saturated heterocycles. The molecule has 3 amide bonds. The Hall–Kier alpha value is -3.50. The topological polar surface area (TPSA) is 119 Å². The molecule has 1 atom stereocenters. The highest BCUT2D eigenvalue weighted by Crippen LogP contribution is 2.31. The minimum Gasteiger partial charge on any atom is -0.481 e. The zero-order valence-corrected chi connectivity index (χ0v) is 23.4. The molecule has 4 rings (SSSR count). The predicted octanol–water partition coefficient (Wildman–Crippen LogP) is 3.80. The quantitative estimate of drug-likeness (QED) is 0.429. The van der Waals surface area contributed by atoms with Gasteiger partial charge in [0.2, 0.25) is 0 Å². The monoisotopic (exact) mass is 554 g/mol. The van der Waals surface area contributed by atoms with E-state index in [9.17, 15) is 14.4 Å². The van der Waals surface area contributed by atoms with Crippen LogP contribution in [0.25, 0.3) is 0 Å². The fourth-order valence-corrected chi connectivity index (χ4v) is 5.31. The number of carboxylic acids is 1. The first-order valence-corrected chi connectivity index (χ1v) is 13.6. The highest BCUT2D eigenvalue weighted by molar-refractivity contribution is 6.31. The molecule has 1 fully saturated rings. The van der Waals surface area contributed by atoms with E-state index in [4.69, 9.17) is 16.7 Å². The summed E-state index contributed by atoms with van der Waals surface area (Å²) in [5.41, 5.74) is 4.83. The Balaban J connectivity index is 1.33. The van der Waals surface area contributed by atoms with Crippen molar-refractivity contribution >= 4 is 35.2 Å². The van der Waals surface area contributed by atoms with Crippen molar-refractivity contribution in [1.29, 1.82) is 0 Å². The summed E-state index contributed by atoms with van der Waals surface area (Å²) in [5, 5.41) is 12.3. The second kappa shape index (κ2) is 12.6. The predicted molar refractivity (Wildman–Crippen MR) is 149 cm³/mol. The molecule has 11 heteroatoms. The molecule has 1 aromatic carbocycles. The van der Waals surface area contributed by atoms with E-state index in [0.29, 0.717) is 53.1 Å². The average molecular weight is 555 g/mol. The van der Waals surface area contributed by atoms with Gasteiger partial charge in [-0.2, -0.15) is 0 Å². The van der Waals surface area contributed by atoms with Crippen LogP contribution in [-0.2, 0) is 4.79 Å². The van der Waals surface area contributed by atoms with Gasteiger partial charge in [-0.05, 0) is 56.9 Å². The third-order valence-corrected chi connectivity index (χ3v) is 7.67. The summed E-state index contributed by atoms with van der Waals surface area (Å²) in [4.78, 5) is 51.1. The van der Waals surface area contributed by atoms with Gasteiger partial charge in [0.1, 0.15) is 6.33 Å². The maximum Gasteiger partial charge on any atom is 0.321 e. The molecule has 1 unspecified atom stereocenters. The van der Waals surface area contributed by atoms with Crippen LogP contribution in [0.15, 0.2) is 36.3 Å². The second-order valence-corrected chi connectivity index (χ2v) is 10.6. The summed E-state index contributed by atoms with van der Waals surface area (Å²) in [6.07, 6.45) is 4.57. The number of nitrogens with zero attached hydrogens (tertiary/aromatic N) is 5. The largest absolute Gasteiger partial charge is 0.481 e. The molecule has 1 aromatic heterocycles. The molecule has 2 N–H and O–H groups in total. The van der Waals surface area contributed by atoms with Crippen molar-refractivity contribution < 1.29 is 19.5 Å². The van der Waals surface area contributed by atoms with E-state index in [1.54, 1.807) is 15.9 Å². The summed E-state index contributed by atoms with van der Waals surface area (Å²) in [6, 6.07) is 5.27. The zero-order chi connectivity index (χ0) is 28.1. The second-order valence-electron chi connectivity index (χ2n) is 10.2. The number of carboxylic acid groups (broad SMARTS) is 1. The van der Waals surface area contributed by atoms with Gasteiger partial charge in [0.15, 0.2) is 0 Å². The van der Waals surface area contributed by atoms with Gasteiger partial charge in [-0.25, -0.2) is 14.8 Å². The van der Waals surface area contributed by atoms with Crippen LogP contribution < -0.4 is 10.2 Å². The van der Waals surface area contributed by atoms with Crippen LogP contribution in [0, 0.1) is 26.7 Å². The molecule has 0 saturated carbocycles. The maximum atomic E-state index is 13.1. The highest BCUT2D eigenvalue weighted by Gasteiger charge is 2.36. The summed E-state index contributed by atoms with van der Waals surface area (Å²) in [7, 11) is 0. The third-order valence-electron chi connectivity index (χ3n) is 7.26. The van der Waals surface area contributed by atoms with Crippen molar-refractivity contribution in [3.05, 3.63) is 63.8 Å². The number of benzene rings is 1. The fraction of sp³-hybridized carbons (Fsp3) is 0.464. The first-order valence-electron chi connectivity index (χ1n) is 13.2. The molecule has 2 aliphatic heterocycles. The van der Waals surface area contributed by atoms with Crippen molar-refractivity contribution in [3.8, 4) is 0 Å². The lowest BCUT2D eigenvalue weighted by Gasteiger charge is -2.25. The number of hydrogen-bond acceptors (Lipinski definition) is 6. The SMILES string of the molecule is Cc1ccc(N(CCCN2CC3=CN(C(=O)c4c(C)ncnc4C)CC3C2)C(=O)NCCCC(=O)O)cc1Cl. The fourth-order valence-electron chi connectivity index (χ4n) is 5.13. The lowest BCUT2D eigenvalue weighted by atomic mass is 10.1. The molecular weight excluding hydrogens is 520 g/mol. The van der Waals surface area contributed by atoms with E-state index >= 15 is 0 Å². The number of aryl methyl sites for hydroxylation is 3. The van der Waals surface area contributed by atoms with Crippen molar-refractivity contribution in [1.82, 2.24) is 25.1 Å². The molecular formula is C28H35ClN6O4. The van der Waals surface area contributed by atoms with Gasteiger partial charge in [-0.15, -0.1) is 0 Å². The maximum absolute atomic E-state index is 13.1. The van der Waals surface area contributed by atoms with Crippen LogP contribution in [0.3, 0.4) is 0 Å². The molecule has 3 heterocycles. The molecule has 10 nitrogen and oxygen atoms in total. The number of urea groups is 1. The number of likely N-dealkylation sites (tertiary alicyclic amines) is 1. The van der Waals surface area contributed by atoms with Gasteiger partial charge in [-0.3, -0.25) is 19.4 Å². The van der Waals surface area contributed by atoms with Gasteiger partial charge in [0.25, 0.3) is 5.91 Å². The molecule has 0 spiro atoms. The Kier molecular flexibility index (Phi) is 9.19. The number of nitrogens with one attached hydrogen (secondary N) is 1. The third kappa shape index (κ3) is 6.93. The number of hydrogen-bond donors (Lipinski definition) is 2. The number of rotatable bonds is 10. The van der Waals surface area contributed by atoms with E-state index < -0.39 is 5.97 Å². The highest BCUT2D eigenvalue weighted by atomic mass is 35.5. The van der Waals surface area contributed by atoms with E-state index in [-0.39, 0.29) is 24.9 Å². The summed E-state index contributed by atoms with van der Waals surface area (Å²) < 4.78 is 0. The Morgan fingerprint density at radius 1 is 1.13 bits per heavy atom. The van der Waals surface area contributed by atoms with Crippen LogP contribution in [0.2, 0.25) is 5.02 Å². The first-order chi connectivity index (χ1) is 18.6. The van der Waals surface area contributed by atoms with Crippen LogP contribution >= 0.6 is 11.6 Å². The zero-order valence-electron chi connectivity index (χ0n) is 22.6. The Morgan fingerprint density at radius 3 is 2.54 bits per heavy atom. The van der Waals surface area contributed by atoms with Gasteiger partial charge >= 0.3 is 12.0 Å². The molecule has 2 aliphatic rings. The Morgan fingerprint density at radius 2 is 1.87 bits per heavy atom. The van der Waals surface area contributed by atoms with E-state index in [0.717, 1.165) is 31.6 Å². The molecule has 0 radical (unpaired) electrons. The van der Waals surface area contributed by atoms with Gasteiger partial charge in [-0.1, -0.05) is 17.7 Å². The minimum atomic E-state index is -0.885. The lowest BCUT2D eigenvalue weighted by Crippen LogP contribution is -2.42. The number of aliphatic carboxylic acids is 1. The minimum absolute atomic E-state index is 0.00395. The Labute approximate surface area is 233 Å². The summed E-state index contributed by atoms with van der Waals surface area (Å²) in [5.74, 6) is -0.645. The normalized spacial score (nSPS) is 16.7. The van der Waals surface area contributed by atoms with Gasteiger partial charge in [0, 0.05) is 68.5 Å². The number of aromatic nitrogens is 2. The Bertz CT molecular complexity index is 1260. The van der Waals surface area contributed by atoms with Gasteiger partial charge < -0.3 is 15.3 Å². The van der Waals surface area contributed by atoms with Crippen molar-refractivity contribution in [2.75, 3.05) is 44.2 Å². The van der Waals surface area contributed by atoms with Crippen molar-refractivity contribution in [3.63, 3.8) is 0 Å². The van der Waals surface area contributed by atoms with E-state index in [1.807, 2.05) is 39.1 Å². The lowest BCUT2D eigenvalue weighted by molar-refractivity contribution is -0.137. The molecule has 2 aromatic rings. The number of fused-ring (bicyclic) bond motifs is 1. The summed E-state index contributed by atoms with van der Waals surface area (Å²) in [6.45, 7) is 9.43. The standard InChI is InChI=1S/C28H35ClN6O4/c1-18-7-8-23(12-24(18)29)35(28(39)30-9-4-6-25(36)37)11-5-10-33-13-21-15-34(16-22(21)14-33)27(38)26-19(2)31-17-32-20(26)3/h7-8,12,15,17,22H,4-6,9-11,13-14,16H2,1-3H3,(H,30,39)(H,36,37). The number of amides is 3. The number of carbonyl (C=O) groups is 3. The first kappa shape index (κ1) is 28.5. The number of halogens is 1. The van der Waals surface area contributed by atoms with Crippen LogP contribution in [-0.4, -0.2) is 82.1 Å². The van der Waals surface area contributed by atoms with E-state index in [1.165, 1.54) is 11.9 Å². The summed E-state index contributed by atoms with van der Waals surface area (Å²) >= 11 is 6.33. The van der Waals surface area contributed by atoms with Crippen LogP contribution in [0.4, 0.5) is 10.5 Å². The van der Waals surface area contributed by atoms with Crippen molar-refractivity contribution in [2.24, 2.45) is 5.92 Å². The van der Waals surface area contributed by atoms with E-state index in [2.05, 4.69) is 20.2 Å². The van der Waals surface area contributed by atoms with Crippen LogP contribution in [0.1, 0.15) is 46.6 Å². The molecule has 0 aliphatic carbocycles. The average Bonchev–Trinajstić information content (AvgIpc) is 3.45. The van der Waals surface area contributed by atoms with Gasteiger partial charge in [0.05, 0.1) is 17.0 Å². The number of anilines is 1.